The van der Waals surface area contributed by atoms with Crippen LogP contribution >= 0.6 is 0 Å². The minimum absolute atomic E-state index is 0.0666. The molecule has 0 bridgehead atoms. The molecule has 0 saturated carbocycles. The Hall–Kier alpha value is -0.910. The molecule has 1 unspecified atom stereocenters. The van der Waals surface area contributed by atoms with Gasteiger partial charge in [0.1, 0.15) is 0 Å². The van der Waals surface area contributed by atoms with Crippen molar-refractivity contribution in [3.05, 3.63) is 29.8 Å². The molecule has 0 radical (unpaired) electrons. The van der Waals surface area contributed by atoms with Gasteiger partial charge in [0.05, 0.1) is 4.90 Å². The topological polar surface area (TPSA) is 74.6 Å². The van der Waals surface area contributed by atoms with Gasteiger partial charge < -0.3 is 5.11 Å². The molecule has 0 aromatic heterocycles. The molecule has 1 aromatic rings. The van der Waals surface area contributed by atoms with Gasteiger partial charge in [0.15, 0.2) is 0 Å². The van der Waals surface area contributed by atoms with Crippen LogP contribution in [0, 0.1) is 12.8 Å². The maximum Gasteiger partial charge on any atom is 0.294 e. The Bertz CT molecular complexity index is 423. The van der Waals surface area contributed by atoms with Crippen LogP contribution in [0.2, 0.25) is 0 Å². The fraction of sp³-hybridized carbons (Fsp3) is 0.538. The first-order chi connectivity index (χ1) is 8.31. The van der Waals surface area contributed by atoms with Crippen LogP contribution in [0.15, 0.2) is 29.2 Å². The third-order valence-corrected chi connectivity index (χ3v) is 3.51. The van der Waals surface area contributed by atoms with Crippen molar-refractivity contribution in [2.75, 3.05) is 6.61 Å². The SMILES string of the molecule is CCC(C)CCO.Cc1ccc(S(=O)(=O)O)cc1. The second kappa shape index (κ2) is 8.24. The van der Waals surface area contributed by atoms with E-state index < -0.39 is 10.1 Å². The summed E-state index contributed by atoms with van der Waals surface area (Å²) in [4.78, 5) is -0.0666. The zero-order valence-corrected chi connectivity index (χ0v) is 11.9. The molecular weight excluding hydrogens is 252 g/mol. The van der Waals surface area contributed by atoms with Crippen LogP contribution in [-0.2, 0) is 10.1 Å². The summed E-state index contributed by atoms with van der Waals surface area (Å²) < 4.78 is 29.6. The lowest BCUT2D eigenvalue weighted by molar-refractivity contribution is 0.260. The van der Waals surface area contributed by atoms with Gasteiger partial charge in [-0.1, -0.05) is 38.0 Å². The fourth-order valence-corrected chi connectivity index (χ4v) is 1.61. The van der Waals surface area contributed by atoms with Crippen LogP contribution in [-0.4, -0.2) is 24.7 Å². The Morgan fingerprint density at radius 3 is 2.00 bits per heavy atom. The maximum absolute atomic E-state index is 10.5. The highest BCUT2D eigenvalue weighted by Gasteiger charge is 2.06. The zero-order chi connectivity index (χ0) is 14.2. The minimum Gasteiger partial charge on any atom is -0.396 e. The number of aliphatic hydroxyl groups excluding tert-OH is 1. The van der Waals surface area contributed by atoms with Crippen LogP contribution in [0.4, 0.5) is 0 Å². The van der Waals surface area contributed by atoms with Crippen molar-refractivity contribution < 1.29 is 18.1 Å². The summed E-state index contributed by atoms with van der Waals surface area (Å²) in [6.07, 6.45) is 2.14. The molecule has 104 valence electrons. The molecule has 5 heteroatoms. The summed E-state index contributed by atoms with van der Waals surface area (Å²) in [6, 6.07) is 5.99. The molecule has 0 aliphatic rings. The molecule has 4 nitrogen and oxygen atoms in total. The van der Waals surface area contributed by atoms with E-state index in [0.717, 1.165) is 12.0 Å². The lowest BCUT2D eigenvalue weighted by atomic mass is 10.1. The monoisotopic (exact) mass is 274 g/mol. The van der Waals surface area contributed by atoms with Crippen molar-refractivity contribution in [3.8, 4) is 0 Å². The van der Waals surface area contributed by atoms with Crippen LogP contribution in [0.5, 0.6) is 0 Å². The van der Waals surface area contributed by atoms with Crippen molar-refractivity contribution >= 4 is 10.1 Å². The number of rotatable bonds is 4. The van der Waals surface area contributed by atoms with Crippen molar-refractivity contribution in [2.24, 2.45) is 5.92 Å². The first kappa shape index (κ1) is 17.1. The van der Waals surface area contributed by atoms with Gasteiger partial charge >= 0.3 is 0 Å². The van der Waals surface area contributed by atoms with E-state index in [1.54, 1.807) is 12.1 Å². The lowest BCUT2D eigenvalue weighted by Crippen LogP contribution is -1.96. The lowest BCUT2D eigenvalue weighted by Gasteiger charge is -2.01. The Balaban J connectivity index is 0.000000360. The van der Waals surface area contributed by atoms with E-state index in [2.05, 4.69) is 13.8 Å². The molecule has 0 fully saturated rings. The van der Waals surface area contributed by atoms with Crippen molar-refractivity contribution in [1.29, 1.82) is 0 Å². The number of aliphatic hydroxyl groups is 1. The Kier molecular flexibility index (Phi) is 7.82. The zero-order valence-electron chi connectivity index (χ0n) is 11.1. The molecule has 0 aliphatic carbocycles. The predicted octanol–water partition coefficient (Wildman–Crippen LogP) is 2.66. The standard InChI is InChI=1S/C7H8O3S.C6H14O/c1-6-2-4-7(5-3-6)11(8,9)10;1-3-6(2)4-5-7/h2-5H,1H3,(H,8,9,10);6-7H,3-5H2,1-2H3. The number of hydrogen-bond acceptors (Lipinski definition) is 3. The molecule has 0 heterocycles. The molecule has 0 spiro atoms. The van der Waals surface area contributed by atoms with Gasteiger partial charge in [0, 0.05) is 6.61 Å². The summed E-state index contributed by atoms with van der Waals surface area (Å²) in [5.41, 5.74) is 0.956. The van der Waals surface area contributed by atoms with E-state index in [4.69, 9.17) is 9.66 Å². The minimum atomic E-state index is -4.02. The second-order valence-electron chi connectivity index (χ2n) is 4.31. The van der Waals surface area contributed by atoms with Gasteiger partial charge in [-0.25, -0.2) is 0 Å². The second-order valence-corrected chi connectivity index (χ2v) is 5.74. The molecule has 1 rings (SSSR count). The molecule has 1 atom stereocenters. The van der Waals surface area contributed by atoms with Gasteiger partial charge in [0.25, 0.3) is 10.1 Å². The molecule has 0 aliphatic heterocycles. The van der Waals surface area contributed by atoms with E-state index >= 15 is 0 Å². The summed E-state index contributed by atoms with van der Waals surface area (Å²) in [5.74, 6) is 0.699. The van der Waals surface area contributed by atoms with E-state index in [9.17, 15) is 8.42 Å². The fourth-order valence-electron chi connectivity index (χ4n) is 1.13. The van der Waals surface area contributed by atoms with E-state index in [0.29, 0.717) is 12.5 Å². The normalized spacial score (nSPS) is 12.5. The average Bonchev–Trinajstić information content (AvgIpc) is 2.29. The molecular formula is C13H22O4S. The number of benzene rings is 1. The quantitative estimate of drug-likeness (QED) is 0.828. The van der Waals surface area contributed by atoms with Crippen LogP contribution in [0.3, 0.4) is 0 Å². The van der Waals surface area contributed by atoms with Crippen molar-refractivity contribution in [2.45, 2.75) is 38.5 Å². The van der Waals surface area contributed by atoms with Gasteiger partial charge in [-0.2, -0.15) is 8.42 Å². The third kappa shape index (κ3) is 7.42. The summed E-state index contributed by atoms with van der Waals surface area (Å²) >= 11 is 0. The van der Waals surface area contributed by atoms with E-state index in [1.807, 2.05) is 6.92 Å². The predicted molar refractivity (Wildman–Crippen MR) is 72.2 cm³/mol. The summed E-state index contributed by atoms with van der Waals surface area (Å²) in [6.45, 7) is 6.47. The Morgan fingerprint density at radius 2 is 1.72 bits per heavy atom. The van der Waals surface area contributed by atoms with E-state index in [1.165, 1.54) is 18.6 Å². The molecule has 2 N–H and O–H groups in total. The summed E-state index contributed by atoms with van der Waals surface area (Å²) in [5, 5.41) is 8.37. The Morgan fingerprint density at radius 1 is 1.22 bits per heavy atom. The van der Waals surface area contributed by atoms with Crippen molar-refractivity contribution in [1.82, 2.24) is 0 Å². The van der Waals surface area contributed by atoms with Crippen LogP contribution in [0.25, 0.3) is 0 Å². The van der Waals surface area contributed by atoms with E-state index in [-0.39, 0.29) is 4.90 Å². The highest BCUT2D eigenvalue weighted by atomic mass is 32.2. The number of hydrogen-bond donors (Lipinski definition) is 2. The number of aryl methyl sites for hydroxylation is 1. The molecule has 0 saturated heterocycles. The molecule has 18 heavy (non-hydrogen) atoms. The largest absolute Gasteiger partial charge is 0.396 e. The molecule has 0 amide bonds. The van der Waals surface area contributed by atoms with Crippen molar-refractivity contribution in [3.63, 3.8) is 0 Å². The maximum atomic E-state index is 10.5. The van der Waals surface area contributed by atoms with Gasteiger partial charge in [-0.3, -0.25) is 4.55 Å². The third-order valence-electron chi connectivity index (χ3n) is 2.64. The Labute approximate surface area is 109 Å². The first-order valence-corrected chi connectivity index (χ1v) is 7.40. The highest BCUT2D eigenvalue weighted by Crippen LogP contribution is 2.08. The summed E-state index contributed by atoms with van der Waals surface area (Å²) in [7, 11) is -4.02. The smallest absolute Gasteiger partial charge is 0.294 e. The average molecular weight is 274 g/mol. The van der Waals surface area contributed by atoms with Gasteiger partial charge in [0.2, 0.25) is 0 Å². The van der Waals surface area contributed by atoms with Crippen LogP contribution < -0.4 is 0 Å². The van der Waals surface area contributed by atoms with Crippen LogP contribution in [0.1, 0.15) is 32.3 Å². The molecule has 1 aromatic carbocycles. The van der Waals surface area contributed by atoms with Gasteiger partial charge in [-0.05, 0) is 31.4 Å². The highest BCUT2D eigenvalue weighted by molar-refractivity contribution is 7.85. The van der Waals surface area contributed by atoms with Gasteiger partial charge in [-0.15, -0.1) is 0 Å². The first-order valence-electron chi connectivity index (χ1n) is 5.96.